The van der Waals surface area contributed by atoms with E-state index in [2.05, 4.69) is 18.8 Å². The molecule has 0 spiro atoms. The van der Waals surface area contributed by atoms with Gasteiger partial charge in [0, 0.05) is 18.7 Å². The number of aromatic nitrogens is 1. The zero-order valence-corrected chi connectivity index (χ0v) is 12.6. The Hall–Kier alpha value is -1.42. The highest BCUT2D eigenvalue weighted by molar-refractivity contribution is 7.18. The number of aryl methyl sites for hydroxylation is 1. The minimum atomic E-state index is 0.136. The summed E-state index contributed by atoms with van der Waals surface area (Å²) in [5.74, 6) is 0.136. The van der Waals surface area contributed by atoms with Crippen LogP contribution in [0.1, 0.15) is 42.1 Å². The van der Waals surface area contributed by atoms with E-state index in [1.54, 1.807) is 11.3 Å². The van der Waals surface area contributed by atoms with Crippen LogP contribution in [-0.2, 0) is 0 Å². The highest BCUT2D eigenvalue weighted by Crippen LogP contribution is 2.23. The zero-order chi connectivity index (χ0) is 13.8. The molecule has 1 aromatic carbocycles. The fourth-order valence-electron chi connectivity index (χ4n) is 2.21. The maximum atomic E-state index is 12.5. The van der Waals surface area contributed by atoms with E-state index in [1.807, 2.05) is 30.0 Å². The van der Waals surface area contributed by atoms with Gasteiger partial charge in [-0.3, -0.25) is 4.79 Å². The fraction of sp³-hybridized carbons (Fsp3) is 0.467. The Kier molecular flexibility index (Phi) is 4.53. The minimum Gasteiger partial charge on any atom is -0.339 e. The van der Waals surface area contributed by atoms with E-state index in [4.69, 9.17) is 0 Å². The number of rotatable bonds is 5. The van der Waals surface area contributed by atoms with Gasteiger partial charge >= 0.3 is 0 Å². The molecule has 2 aromatic rings. The van der Waals surface area contributed by atoms with Gasteiger partial charge < -0.3 is 4.90 Å². The second kappa shape index (κ2) is 6.15. The summed E-state index contributed by atoms with van der Waals surface area (Å²) in [7, 11) is 0. The maximum absolute atomic E-state index is 12.5. The number of benzene rings is 1. The molecule has 0 atom stereocenters. The lowest BCUT2D eigenvalue weighted by Gasteiger charge is -2.21. The number of fused-ring (bicyclic) bond motifs is 1. The summed E-state index contributed by atoms with van der Waals surface area (Å²) in [6.07, 6.45) is 1.99. The Morgan fingerprint density at radius 2 is 1.95 bits per heavy atom. The molecule has 0 aliphatic rings. The number of carbonyl (C=O) groups is 1. The van der Waals surface area contributed by atoms with E-state index < -0.39 is 0 Å². The van der Waals surface area contributed by atoms with E-state index in [-0.39, 0.29) is 5.91 Å². The first-order valence-corrected chi connectivity index (χ1v) is 7.63. The molecule has 0 fully saturated rings. The lowest BCUT2D eigenvalue weighted by Crippen LogP contribution is -2.32. The SMILES string of the molecule is CCCN(CCC)C(=O)c1ccc2nc(C)sc2c1. The molecular formula is C15H20N2OS. The summed E-state index contributed by atoms with van der Waals surface area (Å²) in [5.41, 5.74) is 1.76. The van der Waals surface area contributed by atoms with Crippen molar-refractivity contribution in [2.75, 3.05) is 13.1 Å². The van der Waals surface area contributed by atoms with E-state index >= 15 is 0 Å². The molecule has 0 radical (unpaired) electrons. The molecule has 19 heavy (non-hydrogen) atoms. The second-order valence-corrected chi connectivity index (χ2v) is 5.94. The minimum absolute atomic E-state index is 0.136. The van der Waals surface area contributed by atoms with Crippen LogP contribution in [0.3, 0.4) is 0 Å². The zero-order valence-electron chi connectivity index (χ0n) is 11.8. The first-order valence-electron chi connectivity index (χ1n) is 6.82. The number of hydrogen-bond acceptors (Lipinski definition) is 3. The summed E-state index contributed by atoms with van der Waals surface area (Å²) in [4.78, 5) is 18.8. The maximum Gasteiger partial charge on any atom is 0.253 e. The third-order valence-corrected chi connectivity index (χ3v) is 3.95. The van der Waals surface area contributed by atoms with Gasteiger partial charge in [-0.05, 0) is 38.0 Å². The van der Waals surface area contributed by atoms with Crippen molar-refractivity contribution >= 4 is 27.5 Å². The first-order chi connectivity index (χ1) is 9.15. The Morgan fingerprint density at radius 3 is 2.58 bits per heavy atom. The van der Waals surface area contributed by atoms with Crippen molar-refractivity contribution in [3.63, 3.8) is 0 Å². The quantitative estimate of drug-likeness (QED) is 0.830. The van der Waals surface area contributed by atoms with Gasteiger partial charge in [-0.1, -0.05) is 13.8 Å². The monoisotopic (exact) mass is 276 g/mol. The molecule has 0 N–H and O–H groups in total. The van der Waals surface area contributed by atoms with Crippen molar-refractivity contribution in [3.05, 3.63) is 28.8 Å². The Labute approximate surface area is 118 Å². The van der Waals surface area contributed by atoms with Gasteiger partial charge in [-0.25, -0.2) is 4.98 Å². The van der Waals surface area contributed by atoms with Crippen LogP contribution < -0.4 is 0 Å². The Morgan fingerprint density at radius 1 is 1.26 bits per heavy atom. The summed E-state index contributed by atoms with van der Waals surface area (Å²) in [5, 5.41) is 1.04. The molecule has 2 rings (SSSR count). The van der Waals surface area contributed by atoms with Crippen LogP contribution in [0.15, 0.2) is 18.2 Å². The van der Waals surface area contributed by atoms with Gasteiger partial charge in [0.15, 0.2) is 0 Å². The predicted molar refractivity (Wildman–Crippen MR) is 80.8 cm³/mol. The van der Waals surface area contributed by atoms with Crippen molar-refractivity contribution < 1.29 is 4.79 Å². The molecular weight excluding hydrogens is 256 g/mol. The summed E-state index contributed by atoms with van der Waals surface area (Å²) in [6, 6.07) is 5.81. The highest BCUT2D eigenvalue weighted by Gasteiger charge is 2.15. The third kappa shape index (κ3) is 3.13. The summed E-state index contributed by atoms with van der Waals surface area (Å²) in [6.45, 7) is 7.85. The van der Waals surface area contributed by atoms with Gasteiger partial charge in [0.05, 0.1) is 15.2 Å². The van der Waals surface area contributed by atoms with Crippen LogP contribution in [0.5, 0.6) is 0 Å². The molecule has 1 aromatic heterocycles. The average molecular weight is 276 g/mol. The van der Waals surface area contributed by atoms with Gasteiger partial charge in [0.25, 0.3) is 5.91 Å². The standard InChI is InChI=1S/C15H20N2OS/c1-4-8-17(9-5-2)15(18)12-6-7-13-14(10-12)19-11(3)16-13/h6-7,10H,4-5,8-9H2,1-3H3. The van der Waals surface area contributed by atoms with Crippen LogP contribution >= 0.6 is 11.3 Å². The number of carbonyl (C=O) groups excluding carboxylic acids is 1. The van der Waals surface area contributed by atoms with Crippen LogP contribution in [0, 0.1) is 6.92 Å². The van der Waals surface area contributed by atoms with Crippen molar-refractivity contribution in [2.45, 2.75) is 33.6 Å². The summed E-state index contributed by atoms with van der Waals surface area (Å²) >= 11 is 1.64. The second-order valence-electron chi connectivity index (χ2n) is 4.71. The van der Waals surface area contributed by atoms with Crippen LogP contribution in [0.25, 0.3) is 10.2 Å². The first kappa shape index (κ1) is 14.0. The van der Waals surface area contributed by atoms with Crippen LogP contribution in [0.2, 0.25) is 0 Å². The molecule has 4 heteroatoms. The van der Waals surface area contributed by atoms with Crippen molar-refractivity contribution in [3.8, 4) is 0 Å². The largest absolute Gasteiger partial charge is 0.339 e. The fourth-order valence-corrected chi connectivity index (χ4v) is 3.08. The molecule has 1 amide bonds. The van der Waals surface area contributed by atoms with Gasteiger partial charge in [-0.2, -0.15) is 0 Å². The number of hydrogen-bond donors (Lipinski definition) is 0. The summed E-state index contributed by atoms with van der Waals surface area (Å²) < 4.78 is 1.09. The van der Waals surface area contributed by atoms with Gasteiger partial charge in [-0.15, -0.1) is 11.3 Å². The normalized spacial score (nSPS) is 10.9. The molecule has 3 nitrogen and oxygen atoms in total. The Bertz CT molecular complexity index is 571. The molecule has 0 saturated carbocycles. The molecule has 0 unspecified atom stereocenters. The molecule has 0 aliphatic heterocycles. The van der Waals surface area contributed by atoms with Crippen molar-refractivity contribution in [2.24, 2.45) is 0 Å². The number of thiazole rings is 1. The molecule has 0 bridgehead atoms. The van der Waals surface area contributed by atoms with E-state index in [0.29, 0.717) is 0 Å². The van der Waals surface area contributed by atoms with E-state index in [9.17, 15) is 4.79 Å². The van der Waals surface area contributed by atoms with E-state index in [0.717, 1.165) is 46.7 Å². The molecule has 0 aliphatic carbocycles. The van der Waals surface area contributed by atoms with Gasteiger partial charge in [0.1, 0.15) is 0 Å². The number of nitrogens with zero attached hydrogens (tertiary/aromatic N) is 2. The lowest BCUT2D eigenvalue weighted by atomic mass is 10.2. The lowest BCUT2D eigenvalue weighted by molar-refractivity contribution is 0.0756. The van der Waals surface area contributed by atoms with Crippen LogP contribution in [0.4, 0.5) is 0 Å². The predicted octanol–water partition coefficient (Wildman–Crippen LogP) is 3.87. The number of amides is 1. The highest BCUT2D eigenvalue weighted by atomic mass is 32.1. The Balaban J connectivity index is 2.28. The van der Waals surface area contributed by atoms with Crippen molar-refractivity contribution in [1.29, 1.82) is 0 Å². The van der Waals surface area contributed by atoms with Gasteiger partial charge in [0.2, 0.25) is 0 Å². The molecule has 102 valence electrons. The van der Waals surface area contributed by atoms with Crippen molar-refractivity contribution in [1.82, 2.24) is 9.88 Å². The van der Waals surface area contributed by atoms with Crippen LogP contribution in [-0.4, -0.2) is 28.9 Å². The third-order valence-electron chi connectivity index (χ3n) is 3.02. The smallest absolute Gasteiger partial charge is 0.253 e. The average Bonchev–Trinajstić information content (AvgIpc) is 2.76. The molecule has 1 heterocycles. The topological polar surface area (TPSA) is 33.2 Å². The molecule has 0 saturated heterocycles. The van der Waals surface area contributed by atoms with E-state index in [1.165, 1.54) is 0 Å².